The number of hydrogen-bond acceptors (Lipinski definition) is 4. The molecule has 5 nitrogen and oxygen atoms in total. The maximum atomic E-state index is 11.9. The third-order valence-electron chi connectivity index (χ3n) is 2.67. The van der Waals surface area contributed by atoms with Gasteiger partial charge in [-0.2, -0.15) is 5.10 Å². The Kier molecular flexibility index (Phi) is 5.45. The number of amides is 1. The van der Waals surface area contributed by atoms with E-state index in [1.807, 2.05) is 30.3 Å². The average Bonchev–Trinajstić information content (AvgIpc) is 2.48. The summed E-state index contributed by atoms with van der Waals surface area (Å²) in [5.74, 6) is -0.213. The molecule has 1 heterocycles. The number of pyridine rings is 1. The summed E-state index contributed by atoms with van der Waals surface area (Å²) >= 11 is 3.39. The molecule has 0 aliphatic carbocycles. The molecule has 1 atom stereocenters. The molecule has 0 aliphatic heterocycles. The van der Waals surface area contributed by atoms with E-state index in [4.69, 9.17) is 0 Å². The molecule has 0 spiro atoms. The normalized spacial score (nSPS) is 12.1. The molecule has 1 unspecified atom stereocenters. The number of aromatic nitrogens is 1. The molecule has 0 radical (unpaired) electrons. The molecule has 0 bridgehead atoms. The third kappa shape index (κ3) is 5.00. The van der Waals surface area contributed by atoms with Gasteiger partial charge in [-0.1, -0.05) is 28.1 Å². The number of benzene rings is 1. The van der Waals surface area contributed by atoms with E-state index in [2.05, 4.69) is 36.8 Å². The Morgan fingerprint density at radius 2 is 2.24 bits per heavy atom. The second kappa shape index (κ2) is 7.54. The van der Waals surface area contributed by atoms with Crippen molar-refractivity contribution in [3.8, 4) is 0 Å². The number of nitrogens with one attached hydrogen (secondary N) is 2. The van der Waals surface area contributed by atoms with Gasteiger partial charge in [-0.05, 0) is 31.2 Å². The van der Waals surface area contributed by atoms with E-state index in [1.54, 1.807) is 31.6 Å². The van der Waals surface area contributed by atoms with Crippen LogP contribution >= 0.6 is 15.9 Å². The van der Waals surface area contributed by atoms with Gasteiger partial charge in [0.1, 0.15) is 6.04 Å². The molecular formula is C15H15BrN4O. The molecule has 0 saturated carbocycles. The predicted molar refractivity (Wildman–Crippen MR) is 87.2 cm³/mol. The Hall–Kier alpha value is -2.21. The van der Waals surface area contributed by atoms with Crippen molar-refractivity contribution in [1.82, 2.24) is 10.4 Å². The van der Waals surface area contributed by atoms with E-state index in [9.17, 15) is 4.79 Å². The van der Waals surface area contributed by atoms with Gasteiger partial charge in [-0.3, -0.25) is 9.78 Å². The van der Waals surface area contributed by atoms with Crippen LogP contribution < -0.4 is 10.7 Å². The summed E-state index contributed by atoms with van der Waals surface area (Å²) < 4.78 is 0.953. The van der Waals surface area contributed by atoms with Crippen LogP contribution in [-0.2, 0) is 4.79 Å². The maximum Gasteiger partial charge on any atom is 0.262 e. The minimum atomic E-state index is -0.398. The number of hydrogen-bond donors (Lipinski definition) is 2. The quantitative estimate of drug-likeness (QED) is 0.646. The molecule has 21 heavy (non-hydrogen) atoms. The zero-order valence-electron chi connectivity index (χ0n) is 11.5. The Morgan fingerprint density at radius 3 is 2.95 bits per heavy atom. The van der Waals surface area contributed by atoms with E-state index < -0.39 is 6.04 Å². The minimum Gasteiger partial charge on any atom is -0.374 e. The van der Waals surface area contributed by atoms with Gasteiger partial charge in [0.05, 0.1) is 6.21 Å². The van der Waals surface area contributed by atoms with E-state index in [0.717, 1.165) is 15.7 Å². The van der Waals surface area contributed by atoms with Crippen LogP contribution in [0.3, 0.4) is 0 Å². The Morgan fingerprint density at radius 1 is 1.38 bits per heavy atom. The average molecular weight is 347 g/mol. The number of carbonyl (C=O) groups is 1. The van der Waals surface area contributed by atoms with Crippen molar-refractivity contribution in [3.05, 3.63) is 58.8 Å². The topological polar surface area (TPSA) is 66.4 Å². The first-order valence-electron chi connectivity index (χ1n) is 6.40. The van der Waals surface area contributed by atoms with Crippen LogP contribution in [0.1, 0.15) is 12.5 Å². The summed E-state index contributed by atoms with van der Waals surface area (Å²) in [6.07, 6.45) is 4.90. The zero-order chi connectivity index (χ0) is 15.1. The molecule has 2 rings (SSSR count). The van der Waals surface area contributed by atoms with Crippen molar-refractivity contribution in [1.29, 1.82) is 0 Å². The number of nitrogens with zero attached hydrogens (tertiary/aromatic N) is 2. The van der Waals surface area contributed by atoms with Crippen molar-refractivity contribution in [2.75, 3.05) is 5.32 Å². The number of halogens is 1. The number of hydrazone groups is 1. The Bertz CT molecular complexity index is 631. The van der Waals surface area contributed by atoms with E-state index in [-0.39, 0.29) is 5.91 Å². The predicted octanol–water partition coefficient (Wildman–Crippen LogP) is 2.79. The number of rotatable bonds is 5. The maximum absolute atomic E-state index is 11.9. The van der Waals surface area contributed by atoms with Crippen LogP contribution in [0, 0.1) is 0 Å². The van der Waals surface area contributed by atoms with Gasteiger partial charge in [0.15, 0.2) is 0 Å². The fourth-order valence-corrected chi connectivity index (χ4v) is 2.01. The summed E-state index contributed by atoms with van der Waals surface area (Å²) in [5, 5.41) is 7.01. The lowest BCUT2D eigenvalue weighted by atomic mass is 10.2. The Labute approximate surface area is 131 Å². The highest BCUT2D eigenvalue weighted by Crippen LogP contribution is 2.16. The molecular weight excluding hydrogens is 332 g/mol. The van der Waals surface area contributed by atoms with E-state index in [0.29, 0.717) is 0 Å². The fourth-order valence-electron chi connectivity index (χ4n) is 1.61. The summed E-state index contributed by atoms with van der Waals surface area (Å²) in [6.45, 7) is 1.77. The summed E-state index contributed by atoms with van der Waals surface area (Å²) in [6, 6.07) is 10.9. The van der Waals surface area contributed by atoms with Gasteiger partial charge in [0, 0.05) is 28.1 Å². The van der Waals surface area contributed by atoms with Gasteiger partial charge in [-0.15, -0.1) is 0 Å². The van der Waals surface area contributed by atoms with Gasteiger partial charge in [0.25, 0.3) is 5.91 Å². The van der Waals surface area contributed by atoms with Crippen molar-refractivity contribution >= 4 is 33.7 Å². The standard InChI is InChI=1S/C15H15BrN4O/c1-11(19-14-6-2-5-13(16)8-14)15(21)20-18-10-12-4-3-7-17-9-12/h2-11,19H,1H3,(H,20,21)/b18-10+. The zero-order valence-corrected chi connectivity index (χ0v) is 13.0. The first kappa shape index (κ1) is 15.2. The summed E-state index contributed by atoms with van der Waals surface area (Å²) in [5.41, 5.74) is 4.18. The van der Waals surface area contributed by atoms with Crippen LogP contribution in [0.4, 0.5) is 5.69 Å². The van der Waals surface area contributed by atoms with Crippen molar-refractivity contribution in [3.63, 3.8) is 0 Å². The fraction of sp³-hybridized carbons (Fsp3) is 0.133. The van der Waals surface area contributed by atoms with E-state index >= 15 is 0 Å². The molecule has 0 fully saturated rings. The monoisotopic (exact) mass is 346 g/mol. The second-order valence-corrected chi connectivity index (χ2v) is 5.31. The summed E-state index contributed by atoms with van der Waals surface area (Å²) in [4.78, 5) is 15.9. The van der Waals surface area contributed by atoms with E-state index in [1.165, 1.54) is 0 Å². The lowest BCUT2D eigenvalue weighted by molar-refractivity contribution is -0.121. The number of carbonyl (C=O) groups excluding carboxylic acids is 1. The Balaban J connectivity index is 1.87. The van der Waals surface area contributed by atoms with Crippen LogP contribution in [-0.4, -0.2) is 23.1 Å². The molecule has 2 aromatic rings. The van der Waals surface area contributed by atoms with Crippen molar-refractivity contribution in [2.45, 2.75) is 13.0 Å². The third-order valence-corrected chi connectivity index (χ3v) is 3.17. The van der Waals surface area contributed by atoms with Crippen LogP contribution in [0.2, 0.25) is 0 Å². The largest absolute Gasteiger partial charge is 0.374 e. The molecule has 2 N–H and O–H groups in total. The SMILES string of the molecule is CC(Nc1cccc(Br)c1)C(=O)N/N=C/c1cccnc1. The molecule has 6 heteroatoms. The highest BCUT2D eigenvalue weighted by molar-refractivity contribution is 9.10. The molecule has 1 amide bonds. The van der Waals surface area contributed by atoms with Gasteiger partial charge < -0.3 is 5.32 Å². The van der Waals surface area contributed by atoms with Crippen molar-refractivity contribution < 1.29 is 4.79 Å². The first-order valence-corrected chi connectivity index (χ1v) is 7.19. The molecule has 1 aromatic carbocycles. The first-order chi connectivity index (χ1) is 10.1. The molecule has 1 aromatic heterocycles. The smallest absolute Gasteiger partial charge is 0.262 e. The highest BCUT2D eigenvalue weighted by Gasteiger charge is 2.11. The minimum absolute atomic E-state index is 0.213. The lowest BCUT2D eigenvalue weighted by Crippen LogP contribution is -2.34. The summed E-state index contributed by atoms with van der Waals surface area (Å²) in [7, 11) is 0. The lowest BCUT2D eigenvalue weighted by Gasteiger charge is -2.13. The van der Waals surface area contributed by atoms with Gasteiger partial charge in [-0.25, -0.2) is 5.43 Å². The molecule has 0 saturated heterocycles. The number of anilines is 1. The van der Waals surface area contributed by atoms with Crippen LogP contribution in [0.5, 0.6) is 0 Å². The van der Waals surface area contributed by atoms with Crippen molar-refractivity contribution in [2.24, 2.45) is 5.10 Å². The second-order valence-electron chi connectivity index (χ2n) is 4.40. The molecule has 0 aliphatic rings. The van der Waals surface area contributed by atoms with Gasteiger partial charge in [0.2, 0.25) is 0 Å². The van der Waals surface area contributed by atoms with Crippen LogP contribution in [0.15, 0.2) is 58.4 Å². The van der Waals surface area contributed by atoms with Gasteiger partial charge >= 0.3 is 0 Å². The molecule has 108 valence electrons. The van der Waals surface area contributed by atoms with Crippen LogP contribution in [0.25, 0.3) is 0 Å². The highest BCUT2D eigenvalue weighted by atomic mass is 79.9.